The Kier molecular flexibility index (Phi) is 11.1. The molecule has 5 aromatic rings. The summed E-state index contributed by atoms with van der Waals surface area (Å²) in [6.07, 6.45) is 12.9. The topological polar surface area (TPSA) is 180 Å². The molecule has 2 atom stereocenters. The maximum absolute atomic E-state index is 15.9. The van der Waals surface area contributed by atoms with Gasteiger partial charge < -0.3 is 19.7 Å². The van der Waals surface area contributed by atoms with E-state index in [1.807, 2.05) is 27.8 Å². The van der Waals surface area contributed by atoms with Crippen LogP contribution in [-0.2, 0) is 38.7 Å². The largest absolute Gasteiger partial charge is 0.374 e. The monoisotopic (exact) mass is 873 g/mol. The standard InChI is InChI=1S/C45H48FN11O5S/c46-35-21-32(20-33-34(35)24-56(44(33)62)41(43(61)52-45-47-13-19-63-45)40-37-2-1-14-55(37)26-48-40)57-23-30(22-49-57)29-11-17-54(18-12-29)39(59)25-53-15-9-28(10-16-53)27-3-5-31(6-4-27)50-36-7-8-38(58)51-42(36)60/h3-6,13,19-23,26,28-29,36,41,50H,1-2,7-12,14-18,24-25H2,(H,47,52,61)(H,51,58,60)/t36-,41?/m0/s1. The highest BCUT2D eigenvalue weighted by Crippen LogP contribution is 2.38. The molecular weight excluding hydrogens is 826 g/mol. The van der Waals surface area contributed by atoms with Crippen molar-refractivity contribution in [1.82, 2.24) is 44.3 Å². The van der Waals surface area contributed by atoms with Crippen LogP contribution in [-0.4, -0.2) is 107 Å². The third-order valence-electron chi connectivity index (χ3n) is 13.4. The van der Waals surface area contributed by atoms with Crippen LogP contribution in [0, 0.1) is 5.82 Å². The van der Waals surface area contributed by atoms with Crippen molar-refractivity contribution in [2.45, 2.75) is 88.4 Å². The van der Waals surface area contributed by atoms with Gasteiger partial charge in [-0.05, 0) is 105 Å². The fourth-order valence-electron chi connectivity index (χ4n) is 9.87. The minimum atomic E-state index is -1.07. The number of rotatable bonds is 11. The Hall–Kier alpha value is -6.27. The highest BCUT2D eigenvalue weighted by Gasteiger charge is 2.42. The summed E-state index contributed by atoms with van der Waals surface area (Å²) in [5.41, 5.74) is 5.32. The van der Waals surface area contributed by atoms with Gasteiger partial charge in [0.25, 0.3) is 11.8 Å². The molecule has 10 rings (SSSR count). The van der Waals surface area contributed by atoms with E-state index < -0.39 is 29.7 Å². The lowest BCUT2D eigenvalue weighted by Gasteiger charge is -2.35. The van der Waals surface area contributed by atoms with E-state index in [-0.39, 0.29) is 41.3 Å². The van der Waals surface area contributed by atoms with Gasteiger partial charge in [0, 0.05) is 66.3 Å². The molecule has 16 nitrogen and oxygen atoms in total. The lowest BCUT2D eigenvalue weighted by molar-refractivity contribution is -0.134. The number of anilines is 2. The van der Waals surface area contributed by atoms with E-state index in [1.54, 1.807) is 34.8 Å². The van der Waals surface area contributed by atoms with Gasteiger partial charge in [0.05, 0.1) is 37.0 Å². The van der Waals surface area contributed by atoms with Crippen molar-refractivity contribution in [2.75, 3.05) is 43.4 Å². The zero-order valence-electron chi connectivity index (χ0n) is 34.7. The van der Waals surface area contributed by atoms with E-state index in [0.29, 0.717) is 54.9 Å². The first-order valence-electron chi connectivity index (χ1n) is 21.8. The second-order valence-electron chi connectivity index (χ2n) is 17.2. The van der Waals surface area contributed by atoms with Crippen LogP contribution in [0.1, 0.15) is 101 Å². The number of piperidine rings is 3. The average molecular weight is 874 g/mol. The average Bonchev–Trinajstić information content (AvgIpc) is 4.15. The normalized spacial score (nSPS) is 20.1. The van der Waals surface area contributed by atoms with Crippen LogP contribution in [0.25, 0.3) is 5.69 Å². The number of nitrogens with zero attached hydrogens (tertiary/aromatic N) is 8. The third kappa shape index (κ3) is 8.24. The predicted octanol–water partition coefficient (Wildman–Crippen LogP) is 4.75. The Morgan fingerprint density at radius 2 is 1.70 bits per heavy atom. The summed E-state index contributed by atoms with van der Waals surface area (Å²) in [7, 11) is 0. The van der Waals surface area contributed by atoms with Crippen LogP contribution in [0.2, 0.25) is 0 Å². The summed E-state index contributed by atoms with van der Waals surface area (Å²) in [6, 6.07) is 9.73. The second-order valence-corrected chi connectivity index (χ2v) is 18.1. The number of imidazole rings is 1. The number of benzene rings is 2. The summed E-state index contributed by atoms with van der Waals surface area (Å²) in [5.74, 6) is -1.25. The van der Waals surface area contributed by atoms with Gasteiger partial charge in [0.2, 0.25) is 17.7 Å². The molecule has 0 aliphatic carbocycles. The fraction of sp³-hybridized carbons (Fsp3) is 0.422. The number of aromatic nitrogens is 5. The molecule has 0 spiro atoms. The molecule has 8 heterocycles. The fourth-order valence-corrected chi connectivity index (χ4v) is 10.4. The maximum Gasteiger partial charge on any atom is 0.255 e. The first-order chi connectivity index (χ1) is 30.6. The van der Waals surface area contributed by atoms with E-state index in [2.05, 4.69) is 48.0 Å². The highest BCUT2D eigenvalue weighted by molar-refractivity contribution is 7.13. The quantitative estimate of drug-likeness (QED) is 0.157. The number of likely N-dealkylation sites (tertiary alicyclic amines) is 2. The van der Waals surface area contributed by atoms with Gasteiger partial charge in [-0.1, -0.05) is 12.1 Å². The van der Waals surface area contributed by atoms with Crippen molar-refractivity contribution in [3.05, 3.63) is 106 Å². The molecule has 5 aliphatic heterocycles. The first-order valence-corrected chi connectivity index (χ1v) is 22.7. The molecule has 5 aliphatic rings. The number of imide groups is 1. The summed E-state index contributed by atoms with van der Waals surface area (Å²) >= 11 is 1.27. The van der Waals surface area contributed by atoms with Gasteiger partial charge >= 0.3 is 0 Å². The molecule has 2 aromatic carbocycles. The van der Waals surface area contributed by atoms with Gasteiger partial charge in [-0.15, -0.1) is 11.3 Å². The van der Waals surface area contributed by atoms with Crippen molar-refractivity contribution >= 4 is 51.7 Å². The minimum Gasteiger partial charge on any atom is -0.374 e. The number of hydrogen-bond donors (Lipinski definition) is 3. The third-order valence-corrected chi connectivity index (χ3v) is 14.1. The number of fused-ring (bicyclic) bond motifs is 2. The number of carbonyl (C=O) groups is 5. The molecule has 3 N–H and O–H groups in total. The van der Waals surface area contributed by atoms with Crippen molar-refractivity contribution in [2.24, 2.45) is 0 Å². The van der Waals surface area contributed by atoms with Gasteiger partial charge in [-0.3, -0.25) is 39.5 Å². The lowest BCUT2D eigenvalue weighted by atomic mass is 9.89. The van der Waals surface area contributed by atoms with Crippen molar-refractivity contribution in [3.8, 4) is 5.69 Å². The SMILES string of the molecule is O=C1CC[C@H](Nc2ccc(C3CCN(CC(=O)N4CCC(c5cnn(-c6cc(F)c7c(c6)C(=O)N(C(C(=O)Nc6nccs6)c6ncn8c6CCC8)C7)c5)CC4)CC3)cc2)C(=O)N1. The van der Waals surface area contributed by atoms with E-state index in [4.69, 9.17) is 0 Å². The summed E-state index contributed by atoms with van der Waals surface area (Å²) < 4.78 is 19.5. The molecule has 3 fully saturated rings. The minimum absolute atomic E-state index is 0.0774. The highest BCUT2D eigenvalue weighted by atomic mass is 32.1. The first kappa shape index (κ1) is 40.8. The molecule has 18 heteroatoms. The van der Waals surface area contributed by atoms with Crippen LogP contribution in [0.15, 0.2) is 66.7 Å². The second kappa shape index (κ2) is 17.1. The van der Waals surface area contributed by atoms with E-state index >= 15 is 4.39 Å². The van der Waals surface area contributed by atoms with Crippen LogP contribution >= 0.6 is 11.3 Å². The summed E-state index contributed by atoms with van der Waals surface area (Å²) in [6.45, 7) is 4.06. The smallest absolute Gasteiger partial charge is 0.255 e. The van der Waals surface area contributed by atoms with Crippen LogP contribution in [0.3, 0.4) is 0 Å². The Labute approximate surface area is 366 Å². The van der Waals surface area contributed by atoms with Gasteiger partial charge in [-0.25, -0.2) is 19.0 Å². The van der Waals surface area contributed by atoms with Crippen molar-refractivity contribution < 1.29 is 28.4 Å². The number of halogens is 1. The van der Waals surface area contributed by atoms with Crippen molar-refractivity contribution in [1.29, 1.82) is 0 Å². The predicted molar refractivity (Wildman–Crippen MR) is 231 cm³/mol. The molecule has 3 aromatic heterocycles. The molecule has 3 saturated heterocycles. The molecule has 0 saturated carbocycles. The van der Waals surface area contributed by atoms with Gasteiger partial charge in [-0.2, -0.15) is 5.10 Å². The molecule has 0 radical (unpaired) electrons. The molecule has 1 unspecified atom stereocenters. The number of aryl methyl sites for hydroxylation is 1. The van der Waals surface area contributed by atoms with Gasteiger partial charge in [0.15, 0.2) is 11.2 Å². The Morgan fingerprint density at radius 3 is 2.46 bits per heavy atom. The molecular formula is C45H48FN11O5S. The molecule has 63 heavy (non-hydrogen) atoms. The maximum atomic E-state index is 15.9. The zero-order chi connectivity index (χ0) is 43.2. The van der Waals surface area contributed by atoms with Crippen LogP contribution in [0.5, 0.6) is 0 Å². The van der Waals surface area contributed by atoms with Crippen molar-refractivity contribution in [3.63, 3.8) is 0 Å². The Balaban J connectivity index is 0.728. The zero-order valence-corrected chi connectivity index (χ0v) is 35.5. The van der Waals surface area contributed by atoms with Gasteiger partial charge in [0.1, 0.15) is 11.9 Å². The summed E-state index contributed by atoms with van der Waals surface area (Å²) in [5, 5.41) is 15.2. The summed E-state index contributed by atoms with van der Waals surface area (Å²) in [4.78, 5) is 79.4. The molecule has 5 amide bonds. The Bertz CT molecular complexity index is 2560. The molecule has 326 valence electrons. The van der Waals surface area contributed by atoms with Crippen LogP contribution in [0.4, 0.5) is 15.2 Å². The van der Waals surface area contributed by atoms with E-state index in [9.17, 15) is 24.0 Å². The number of hydrogen-bond acceptors (Lipinski definition) is 11. The number of amides is 5. The number of carbonyl (C=O) groups excluding carboxylic acids is 5. The Morgan fingerprint density at radius 1 is 0.921 bits per heavy atom. The van der Waals surface area contributed by atoms with E-state index in [1.165, 1.54) is 27.9 Å². The molecule has 0 bridgehead atoms. The number of thiazole rings is 1. The lowest BCUT2D eigenvalue weighted by Crippen LogP contribution is -2.47. The van der Waals surface area contributed by atoms with E-state index in [0.717, 1.165) is 75.1 Å². The van der Waals surface area contributed by atoms with Crippen LogP contribution < -0.4 is 16.0 Å². The number of nitrogens with one attached hydrogen (secondary N) is 3.